The summed E-state index contributed by atoms with van der Waals surface area (Å²) in [6, 6.07) is 6.13. The van der Waals surface area contributed by atoms with Crippen LogP contribution >= 0.6 is 0 Å². The first kappa shape index (κ1) is 13.0. The Kier molecular flexibility index (Phi) is 4.31. The maximum atomic E-state index is 13.5. The molecule has 2 N–H and O–H groups in total. The van der Waals surface area contributed by atoms with E-state index in [0.717, 1.165) is 25.9 Å². The summed E-state index contributed by atoms with van der Waals surface area (Å²) in [4.78, 5) is 11.9. The minimum atomic E-state index is -0.469. The molecule has 2 atom stereocenters. The second-order valence-corrected chi connectivity index (χ2v) is 4.85. The summed E-state index contributed by atoms with van der Waals surface area (Å²) in [7, 11) is 0. The number of hydrogen-bond donors (Lipinski definition) is 2. The summed E-state index contributed by atoms with van der Waals surface area (Å²) in [5.41, 5.74) is 0.119. The maximum Gasteiger partial charge on any atom is 0.254 e. The van der Waals surface area contributed by atoms with Crippen LogP contribution in [0.4, 0.5) is 4.39 Å². The van der Waals surface area contributed by atoms with Gasteiger partial charge in [-0.2, -0.15) is 0 Å². The Balaban J connectivity index is 1.96. The van der Waals surface area contributed by atoms with Gasteiger partial charge in [-0.1, -0.05) is 12.1 Å². The molecule has 1 aliphatic rings. The van der Waals surface area contributed by atoms with Crippen molar-refractivity contribution in [3.63, 3.8) is 0 Å². The highest BCUT2D eigenvalue weighted by Crippen LogP contribution is 2.15. The number of halogens is 1. The lowest BCUT2D eigenvalue weighted by Gasteiger charge is -2.28. The summed E-state index contributed by atoms with van der Waals surface area (Å²) in [6.07, 6.45) is 2.23. The van der Waals surface area contributed by atoms with E-state index in [4.69, 9.17) is 0 Å². The van der Waals surface area contributed by atoms with Gasteiger partial charge in [0.05, 0.1) is 5.56 Å². The van der Waals surface area contributed by atoms with E-state index in [9.17, 15) is 9.18 Å². The van der Waals surface area contributed by atoms with Gasteiger partial charge >= 0.3 is 0 Å². The Morgan fingerprint density at radius 1 is 1.50 bits per heavy atom. The molecule has 3 nitrogen and oxygen atoms in total. The molecular formula is C14H19FN2O. The molecule has 2 rings (SSSR count). The van der Waals surface area contributed by atoms with Crippen LogP contribution in [0.1, 0.15) is 30.1 Å². The van der Waals surface area contributed by atoms with Gasteiger partial charge in [0.25, 0.3) is 5.91 Å². The fourth-order valence-corrected chi connectivity index (χ4v) is 2.35. The first-order valence-corrected chi connectivity index (χ1v) is 6.44. The van der Waals surface area contributed by atoms with E-state index in [2.05, 4.69) is 10.6 Å². The van der Waals surface area contributed by atoms with E-state index in [0.29, 0.717) is 5.92 Å². The molecule has 1 saturated heterocycles. The van der Waals surface area contributed by atoms with Crippen molar-refractivity contribution in [2.24, 2.45) is 5.92 Å². The molecule has 0 radical (unpaired) electrons. The highest BCUT2D eigenvalue weighted by Gasteiger charge is 2.22. The number of carbonyl (C=O) groups excluding carboxylic acids is 1. The normalized spacial score (nSPS) is 21.3. The lowest BCUT2D eigenvalue weighted by Crippen LogP contribution is -2.44. The van der Waals surface area contributed by atoms with Crippen molar-refractivity contribution in [2.45, 2.75) is 25.8 Å². The molecule has 1 aromatic rings. The fourth-order valence-electron chi connectivity index (χ4n) is 2.35. The molecule has 0 spiro atoms. The fraction of sp³-hybridized carbons (Fsp3) is 0.500. The smallest absolute Gasteiger partial charge is 0.254 e. The predicted molar refractivity (Wildman–Crippen MR) is 68.9 cm³/mol. The van der Waals surface area contributed by atoms with Crippen molar-refractivity contribution in [3.8, 4) is 0 Å². The third-order valence-corrected chi connectivity index (χ3v) is 3.52. The van der Waals surface area contributed by atoms with Crippen LogP contribution < -0.4 is 10.6 Å². The quantitative estimate of drug-likeness (QED) is 0.861. The molecule has 0 saturated carbocycles. The minimum absolute atomic E-state index is 0.0601. The summed E-state index contributed by atoms with van der Waals surface area (Å²) in [5, 5.41) is 6.20. The molecule has 1 aliphatic heterocycles. The number of rotatable bonds is 3. The van der Waals surface area contributed by atoms with Gasteiger partial charge < -0.3 is 10.6 Å². The van der Waals surface area contributed by atoms with Gasteiger partial charge in [0, 0.05) is 6.04 Å². The number of hydrogen-bond acceptors (Lipinski definition) is 2. The van der Waals surface area contributed by atoms with Crippen LogP contribution in [-0.2, 0) is 0 Å². The van der Waals surface area contributed by atoms with Crippen LogP contribution in [0.25, 0.3) is 0 Å². The molecule has 1 fully saturated rings. The second-order valence-electron chi connectivity index (χ2n) is 4.85. The van der Waals surface area contributed by atoms with Crippen molar-refractivity contribution >= 4 is 5.91 Å². The Morgan fingerprint density at radius 2 is 2.28 bits per heavy atom. The molecule has 2 unspecified atom stereocenters. The SMILES string of the molecule is CC(NC(=O)c1ccccc1F)C1CCCNC1. The first-order chi connectivity index (χ1) is 8.68. The average Bonchev–Trinajstić information content (AvgIpc) is 2.40. The summed E-state index contributed by atoms with van der Waals surface area (Å²) >= 11 is 0. The average molecular weight is 250 g/mol. The Bertz CT molecular complexity index is 416. The summed E-state index contributed by atoms with van der Waals surface area (Å²) in [6.45, 7) is 3.94. The van der Waals surface area contributed by atoms with E-state index in [1.807, 2.05) is 6.92 Å². The second kappa shape index (κ2) is 5.96. The van der Waals surface area contributed by atoms with E-state index in [-0.39, 0.29) is 17.5 Å². The lowest BCUT2D eigenvalue weighted by atomic mass is 9.92. The van der Waals surface area contributed by atoms with Crippen LogP contribution in [0.5, 0.6) is 0 Å². The summed E-state index contributed by atoms with van der Waals surface area (Å²) in [5.74, 6) is -0.371. The van der Waals surface area contributed by atoms with Gasteiger partial charge in [0.15, 0.2) is 0 Å². The molecule has 1 heterocycles. The maximum absolute atomic E-state index is 13.5. The van der Waals surface area contributed by atoms with Gasteiger partial charge in [-0.15, -0.1) is 0 Å². The van der Waals surface area contributed by atoms with Crippen LogP contribution in [0.3, 0.4) is 0 Å². The number of amides is 1. The molecule has 18 heavy (non-hydrogen) atoms. The Hall–Kier alpha value is -1.42. The number of nitrogens with one attached hydrogen (secondary N) is 2. The number of piperidine rings is 1. The monoisotopic (exact) mass is 250 g/mol. The third kappa shape index (κ3) is 3.07. The van der Waals surface area contributed by atoms with Crippen molar-refractivity contribution < 1.29 is 9.18 Å². The van der Waals surface area contributed by atoms with Gasteiger partial charge in [0.1, 0.15) is 5.82 Å². The highest BCUT2D eigenvalue weighted by atomic mass is 19.1. The van der Waals surface area contributed by atoms with Crippen LogP contribution in [-0.4, -0.2) is 25.0 Å². The van der Waals surface area contributed by atoms with Crippen molar-refractivity contribution in [3.05, 3.63) is 35.6 Å². The summed E-state index contributed by atoms with van der Waals surface area (Å²) < 4.78 is 13.5. The van der Waals surface area contributed by atoms with Gasteiger partial charge in [-0.25, -0.2) is 4.39 Å². The largest absolute Gasteiger partial charge is 0.349 e. The van der Waals surface area contributed by atoms with E-state index >= 15 is 0 Å². The minimum Gasteiger partial charge on any atom is -0.349 e. The van der Waals surface area contributed by atoms with E-state index < -0.39 is 5.82 Å². The Labute approximate surface area is 107 Å². The van der Waals surface area contributed by atoms with Gasteiger partial charge in [-0.3, -0.25) is 4.79 Å². The van der Waals surface area contributed by atoms with Crippen LogP contribution in [0.15, 0.2) is 24.3 Å². The molecule has 98 valence electrons. The highest BCUT2D eigenvalue weighted by molar-refractivity contribution is 5.94. The molecule has 0 bridgehead atoms. The standard InChI is InChI=1S/C14H19FN2O/c1-10(11-5-4-8-16-9-11)17-14(18)12-6-2-3-7-13(12)15/h2-3,6-7,10-11,16H,4-5,8-9H2,1H3,(H,17,18). The number of benzene rings is 1. The van der Waals surface area contributed by atoms with E-state index in [1.54, 1.807) is 12.1 Å². The van der Waals surface area contributed by atoms with Crippen LogP contribution in [0, 0.1) is 11.7 Å². The van der Waals surface area contributed by atoms with Crippen molar-refractivity contribution in [1.82, 2.24) is 10.6 Å². The molecular weight excluding hydrogens is 231 g/mol. The van der Waals surface area contributed by atoms with E-state index in [1.165, 1.54) is 12.1 Å². The van der Waals surface area contributed by atoms with Gasteiger partial charge in [-0.05, 0) is 50.9 Å². The molecule has 0 aliphatic carbocycles. The van der Waals surface area contributed by atoms with Crippen molar-refractivity contribution in [2.75, 3.05) is 13.1 Å². The third-order valence-electron chi connectivity index (χ3n) is 3.52. The van der Waals surface area contributed by atoms with Crippen molar-refractivity contribution in [1.29, 1.82) is 0 Å². The predicted octanol–water partition coefficient (Wildman–Crippen LogP) is 1.94. The lowest BCUT2D eigenvalue weighted by molar-refractivity contribution is 0.0918. The molecule has 0 aromatic heterocycles. The number of carbonyl (C=O) groups is 1. The Morgan fingerprint density at radius 3 is 2.94 bits per heavy atom. The van der Waals surface area contributed by atoms with Crippen LogP contribution in [0.2, 0.25) is 0 Å². The molecule has 1 aromatic carbocycles. The van der Waals surface area contributed by atoms with Gasteiger partial charge in [0.2, 0.25) is 0 Å². The zero-order valence-corrected chi connectivity index (χ0v) is 10.6. The zero-order valence-electron chi connectivity index (χ0n) is 10.6. The molecule has 1 amide bonds. The molecule has 4 heteroatoms. The zero-order chi connectivity index (χ0) is 13.0. The topological polar surface area (TPSA) is 41.1 Å². The first-order valence-electron chi connectivity index (χ1n) is 6.44.